The van der Waals surface area contributed by atoms with Crippen LogP contribution in [0.1, 0.15) is 68.4 Å². The molecule has 2 aromatic carbocycles. The molecule has 1 saturated carbocycles. The van der Waals surface area contributed by atoms with Crippen molar-refractivity contribution >= 4 is 34.1 Å². The second kappa shape index (κ2) is 13.3. The minimum absolute atomic E-state index is 0. The largest absolute Gasteiger partial charge is 0.341 e. The second-order valence-electron chi connectivity index (χ2n) is 13.3. The van der Waals surface area contributed by atoms with Gasteiger partial charge >= 0.3 is 0 Å². The lowest BCUT2D eigenvalue weighted by atomic mass is 9.76. The lowest BCUT2D eigenvalue weighted by molar-refractivity contribution is -0.139. The first-order valence-electron chi connectivity index (χ1n) is 15.9. The lowest BCUT2D eigenvalue weighted by Gasteiger charge is -2.39. The fourth-order valence-electron chi connectivity index (χ4n) is 7.99. The first-order chi connectivity index (χ1) is 20.2. The van der Waals surface area contributed by atoms with E-state index in [1.54, 1.807) is 12.1 Å². The number of halogens is 1. The van der Waals surface area contributed by atoms with E-state index in [1.807, 2.05) is 17.0 Å². The van der Waals surface area contributed by atoms with E-state index >= 15 is 0 Å². The molecule has 0 aromatic heterocycles. The summed E-state index contributed by atoms with van der Waals surface area (Å²) in [5.74, 6) is 1.59. The molecule has 3 saturated heterocycles. The third-order valence-corrected chi connectivity index (χ3v) is 11.7. The summed E-state index contributed by atoms with van der Waals surface area (Å²) in [5, 5.41) is 0. The van der Waals surface area contributed by atoms with E-state index in [9.17, 15) is 18.0 Å². The normalized spacial score (nSPS) is 24.8. The number of amides is 2. The third kappa shape index (κ3) is 6.97. The number of benzene rings is 2. The maximum absolute atomic E-state index is 13.6. The highest BCUT2D eigenvalue weighted by molar-refractivity contribution is 7.90. The Morgan fingerprint density at radius 1 is 0.884 bits per heavy atom. The van der Waals surface area contributed by atoms with Gasteiger partial charge in [-0.05, 0) is 74.4 Å². The molecule has 2 aromatic rings. The van der Waals surface area contributed by atoms with Crippen LogP contribution in [0.25, 0.3) is 0 Å². The number of rotatable bonds is 7. The van der Waals surface area contributed by atoms with Gasteiger partial charge in [0.15, 0.2) is 9.84 Å². The molecule has 3 aliphatic heterocycles. The van der Waals surface area contributed by atoms with E-state index in [1.165, 1.54) is 31.1 Å². The maximum Gasteiger partial charge on any atom is 0.229 e. The third-order valence-electron chi connectivity index (χ3n) is 10.6. The number of hydrogen-bond acceptors (Lipinski definition) is 5. The molecule has 1 aliphatic carbocycles. The zero-order valence-electron chi connectivity index (χ0n) is 25.3. The Balaban J connectivity index is 0.00000368. The van der Waals surface area contributed by atoms with E-state index in [0.29, 0.717) is 29.2 Å². The summed E-state index contributed by atoms with van der Waals surface area (Å²) in [6, 6.07) is 17.6. The number of carbonyl (C=O) groups is 2. The van der Waals surface area contributed by atoms with Gasteiger partial charge in [0, 0.05) is 50.8 Å². The highest BCUT2D eigenvalue weighted by Crippen LogP contribution is 2.43. The van der Waals surface area contributed by atoms with Crippen LogP contribution in [0.5, 0.6) is 0 Å². The number of piperidine rings is 1. The van der Waals surface area contributed by atoms with Crippen molar-refractivity contribution in [2.45, 2.75) is 68.7 Å². The number of nitrogens with zero attached hydrogens (tertiary/aromatic N) is 3. The van der Waals surface area contributed by atoms with Crippen molar-refractivity contribution < 1.29 is 18.0 Å². The van der Waals surface area contributed by atoms with Gasteiger partial charge in [0.2, 0.25) is 11.8 Å². The van der Waals surface area contributed by atoms with Crippen molar-refractivity contribution in [2.24, 2.45) is 17.3 Å². The van der Waals surface area contributed by atoms with E-state index in [4.69, 9.17) is 0 Å². The first-order valence-corrected chi connectivity index (χ1v) is 17.8. The number of carbonyl (C=O) groups excluding carboxylic acids is 2. The molecule has 4 aliphatic rings. The van der Waals surface area contributed by atoms with Crippen molar-refractivity contribution in [2.75, 3.05) is 45.5 Å². The Bertz CT molecular complexity index is 1370. The van der Waals surface area contributed by atoms with Gasteiger partial charge in [-0.15, -0.1) is 12.4 Å². The average molecular weight is 628 g/mol. The number of likely N-dealkylation sites (tertiary alicyclic amines) is 3. The maximum atomic E-state index is 13.6. The van der Waals surface area contributed by atoms with Gasteiger partial charge in [0.1, 0.15) is 0 Å². The zero-order chi connectivity index (χ0) is 29.3. The van der Waals surface area contributed by atoms with Gasteiger partial charge in [0.25, 0.3) is 0 Å². The van der Waals surface area contributed by atoms with Crippen LogP contribution in [-0.2, 0) is 26.0 Å². The molecule has 6 rings (SSSR count). The fraction of sp³-hybridized carbons (Fsp3) is 0.588. The van der Waals surface area contributed by atoms with E-state index in [0.717, 1.165) is 76.9 Å². The molecule has 2 atom stereocenters. The van der Waals surface area contributed by atoms with Crippen LogP contribution in [0, 0.1) is 17.3 Å². The summed E-state index contributed by atoms with van der Waals surface area (Å²) in [5.41, 5.74) is 2.02. The van der Waals surface area contributed by atoms with Crippen molar-refractivity contribution in [1.82, 2.24) is 14.7 Å². The molecule has 1 spiro atoms. The molecular weight excluding hydrogens is 582 g/mol. The Kier molecular flexibility index (Phi) is 9.89. The molecule has 0 unspecified atom stereocenters. The minimum Gasteiger partial charge on any atom is -0.341 e. The monoisotopic (exact) mass is 627 g/mol. The summed E-state index contributed by atoms with van der Waals surface area (Å²) in [6.07, 6.45) is 9.56. The van der Waals surface area contributed by atoms with E-state index in [2.05, 4.69) is 40.1 Å². The molecule has 4 fully saturated rings. The molecule has 0 bridgehead atoms. The molecule has 0 radical (unpaired) electrons. The van der Waals surface area contributed by atoms with Crippen molar-refractivity contribution in [3.8, 4) is 0 Å². The summed E-state index contributed by atoms with van der Waals surface area (Å²) >= 11 is 0. The van der Waals surface area contributed by atoms with Crippen LogP contribution in [0.15, 0.2) is 59.5 Å². The smallest absolute Gasteiger partial charge is 0.229 e. The van der Waals surface area contributed by atoms with Gasteiger partial charge in [-0.3, -0.25) is 9.59 Å². The molecule has 2 amide bonds. The fourth-order valence-corrected chi connectivity index (χ4v) is 8.62. The quantitative estimate of drug-likeness (QED) is 0.424. The lowest BCUT2D eigenvalue weighted by Crippen LogP contribution is -2.46. The molecule has 7 nitrogen and oxygen atoms in total. The Labute approximate surface area is 263 Å². The van der Waals surface area contributed by atoms with Gasteiger partial charge < -0.3 is 14.7 Å². The summed E-state index contributed by atoms with van der Waals surface area (Å²) in [4.78, 5) is 34.1. The van der Waals surface area contributed by atoms with Gasteiger partial charge in [-0.2, -0.15) is 0 Å². The highest BCUT2D eigenvalue weighted by Gasteiger charge is 2.48. The van der Waals surface area contributed by atoms with E-state index in [-0.39, 0.29) is 29.6 Å². The summed E-state index contributed by atoms with van der Waals surface area (Å²) in [7, 11) is -3.23. The summed E-state index contributed by atoms with van der Waals surface area (Å²) < 4.78 is 23.6. The van der Waals surface area contributed by atoms with Crippen molar-refractivity contribution in [3.63, 3.8) is 0 Å². The molecule has 9 heteroatoms. The topological polar surface area (TPSA) is 78.0 Å². The molecule has 234 valence electrons. The van der Waals surface area contributed by atoms with E-state index < -0.39 is 9.84 Å². The molecule has 0 N–H and O–H groups in total. The standard InChI is InChI=1S/C34H45N3O4S.ClH/c1-42(40,41)30-14-12-26(13-15-30)22-36-21-18-34(33(36)39)16-19-35(20-17-34)23-29-24-37(32(38)28-10-6-3-7-11-28)25-31(29)27-8-4-2-5-9-27;/h2,4-5,8-9,12-15,28-29,31H,3,6-7,10-11,16-25H2,1H3;1H/t29-,31+;/m0./s1. The van der Waals surface area contributed by atoms with Crippen LogP contribution < -0.4 is 0 Å². The average Bonchev–Trinajstić information content (AvgIpc) is 3.56. The SMILES string of the molecule is CS(=O)(=O)c1ccc(CN2CCC3(CCN(C[C@H]4CN(C(=O)C5CCCCC5)C[C@@H]4c4ccccc4)CC3)C2=O)cc1.Cl. The van der Waals surface area contributed by atoms with Crippen molar-refractivity contribution in [3.05, 3.63) is 65.7 Å². The Morgan fingerprint density at radius 3 is 2.19 bits per heavy atom. The summed E-state index contributed by atoms with van der Waals surface area (Å²) in [6.45, 7) is 5.73. The van der Waals surface area contributed by atoms with Gasteiger partial charge in [-0.1, -0.05) is 61.7 Å². The van der Waals surface area contributed by atoms with Gasteiger partial charge in [0.05, 0.1) is 10.3 Å². The number of hydrogen-bond donors (Lipinski definition) is 0. The van der Waals surface area contributed by atoms with Crippen LogP contribution in [-0.4, -0.2) is 80.5 Å². The predicted octanol–water partition coefficient (Wildman–Crippen LogP) is 5.15. The molecule has 3 heterocycles. The minimum atomic E-state index is -3.23. The van der Waals surface area contributed by atoms with Crippen LogP contribution in [0.2, 0.25) is 0 Å². The highest BCUT2D eigenvalue weighted by atomic mass is 35.5. The second-order valence-corrected chi connectivity index (χ2v) is 15.3. The van der Waals surface area contributed by atoms with Crippen LogP contribution in [0.3, 0.4) is 0 Å². The van der Waals surface area contributed by atoms with Crippen LogP contribution in [0.4, 0.5) is 0 Å². The van der Waals surface area contributed by atoms with Gasteiger partial charge in [-0.25, -0.2) is 8.42 Å². The van der Waals surface area contributed by atoms with Crippen LogP contribution >= 0.6 is 12.4 Å². The molecular formula is C34H46ClN3O4S. The Morgan fingerprint density at radius 2 is 1.53 bits per heavy atom. The predicted molar refractivity (Wildman–Crippen MR) is 171 cm³/mol. The number of sulfone groups is 1. The zero-order valence-corrected chi connectivity index (χ0v) is 27.0. The first kappa shape index (κ1) is 32.0. The molecule has 43 heavy (non-hydrogen) atoms. The Hall–Kier alpha value is -2.42. The van der Waals surface area contributed by atoms with Crippen molar-refractivity contribution in [1.29, 1.82) is 0 Å².